The van der Waals surface area contributed by atoms with Crippen LogP contribution in [0, 0.1) is 19.8 Å². The number of rotatable bonds is 6. The number of piperidine rings is 1. The van der Waals surface area contributed by atoms with E-state index in [2.05, 4.69) is 16.0 Å². The van der Waals surface area contributed by atoms with Gasteiger partial charge >= 0.3 is 0 Å². The lowest BCUT2D eigenvalue weighted by molar-refractivity contribution is -0.132. The van der Waals surface area contributed by atoms with E-state index >= 15 is 0 Å². The Morgan fingerprint density at radius 2 is 1.87 bits per heavy atom. The Bertz CT molecular complexity index is 1030. The molecule has 0 bridgehead atoms. The molecule has 0 atom stereocenters. The van der Waals surface area contributed by atoms with Gasteiger partial charge in [0, 0.05) is 37.4 Å². The molecule has 1 amide bonds. The van der Waals surface area contributed by atoms with Crippen molar-refractivity contribution in [1.29, 1.82) is 0 Å². The van der Waals surface area contributed by atoms with Crippen molar-refractivity contribution in [2.45, 2.75) is 46.0 Å². The monoisotopic (exact) mass is 403 g/mol. The van der Waals surface area contributed by atoms with Crippen molar-refractivity contribution in [1.82, 2.24) is 14.9 Å². The fourth-order valence-corrected chi connectivity index (χ4v) is 4.39. The first kappa shape index (κ1) is 20.3. The van der Waals surface area contributed by atoms with Gasteiger partial charge < -0.3 is 9.88 Å². The molecule has 3 aromatic rings. The zero-order chi connectivity index (χ0) is 21.1. The summed E-state index contributed by atoms with van der Waals surface area (Å²) in [6.45, 7) is 5.38. The minimum absolute atomic E-state index is 0.0194. The molecule has 1 fully saturated rings. The molecule has 4 rings (SSSR count). The van der Waals surface area contributed by atoms with Crippen LogP contribution >= 0.6 is 0 Å². The maximum absolute atomic E-state index is 12.9. The maximum Gasteiger partial charge on any atom is 0.222 e. The fraction of sp³-hybridized carbons (Fsp3) is 0.400. The second-order valence-corrected chi connectivity index (χ2v) is 8.39. The molecule has 1 saturated heterocycles. The number of likely N-dealkylation sites (tertiary alicyclic amines) is 1. The van der Waals surface area contributed by atoms with E-state index in [-0.39, 0.29) is 17.6 Å². The highest BCUT2D eigenvalue weighted by Crippen LogP contribution is 2.24. The molecule has 1 aromatic heterocycles. The molecule has 2 aromatic carbocycles. The summed E-state index contributed by atoms with van der Waals surface area (Å²) in [5.41, 5.74) is 5.05. The zero-order valence-corrected chi connectivity index (χ0v) is 17.8. The number of Topliss-reactive ketones (excluding diaryl/α,β-unsaturated/α-hetero) is 1. The second-order valence-electron chi connectivity index (χ2n) is 8.39. The van der Waals surface area contributed by atoms with Gasteiger partial charge in [0.15, 0.2) is 5.78 Å². The smallest absolute Gasteiger partial charge is 0.222 e. The number of aryl methyl sites for hydroxylation is 3. The van der Waals surface area contributed by atoms with Gasteiger partial charge in [-0.3, -0.25) is 9.59 Å². The summed E-state index contributed by atoms with van der Waals surface area (Å²) in [6, 6.07) is 14.0. The minimum atomic E-state index is 0.0194. The predicted octanol–water partition coefficient (Wildman–Crippen LogP) is 4.62. The molecule has 1 aliphatic heterocycles. The molecule has 1 N–H and O–H groups in total. The fourth-order valence-electron chi connectivity index (χ4n) is 4.39. The number of imidazole rings is 1. The molecule has 156 valence electrons. The number of aromatic amines is 1. The number of carbonyl (C=O) groups excluding carboxylic acids is 2. The number of hydrogen-bond donors (Lipinski definition) is 1. The standard InChI is InChI=1S/C25H29N3O2/c1-17-10-11-20(18(2)16-17)25(30)19-12-14-28(15-13-19)24(29)9-5-8-23-26-21-6-3-4-7-22(21)27-23/h3-4,6-7,10-11,16,19H,5,8-9,12-15H2,1-2H3,(H,26,27). The number of H-pyrrole nitrogens is 1. The van der Waals surface area contributed by atoms with Gasteiger partial charge in [-0.25, -0.2) is 4.98 Å². The SMILES string of the molecule is Cc1ccc(C(=O)C2CCN(C(=O)CCCc3nc4ccccc4[nH]3)CC2)c(C)c1. The third-order valence-electron chi connectivity index (χ3n) is 6.11. The van der Waals surface area contributed by atoms with Crippen LogP contribution in [0.15, 0.2) is 42.5 Å². The number of amides is 1. The highest BCUT2D eigenvalue weighted by molar-refractivity contribution is 5.99. The van der Waals surface area contributed by atoms with E-state index in [1.54, 1.807) is 0 Å². The van der Waals surface area contributed by atoms with Crippen LogP contribution in [-0.4, -0.2) is 39.6 Å². The number of ketones is 1. The van der Waals surface area contributed by atoms with E-state index in [0.717, 1.165) is 53.7 Å². The van der Waals surface area contributed by atoms with E-state index < -0.39 is 0 Å². The van der Waals surface area contributed by atoms with Crippen LogP contribution in [0.3, 0.4) is 0 Å². The molecule has 0 spiro atoms. The average molecular weight is 404 g/mol. The Morgan fingerprint density at radius 3 is 2.60 bits per heavy atom. The van der Waals surface area contributed by atoms with Crippen molar-refractivity contribution < 1.29 is 9.59 Å². The van der Waals surface area contributed by atoms with E-state index in [1.165, 1.54) is 5.56 Å². The van der Waals surface area contributed by atoms with Crippen molar-refractivity contribution in [3.05, 3.63) is 65.0 Å². The van der Waals surface area contributed by atoms with Gasteiger partial charge in [0.25, 0.3) is 0 Å². The minimum Gasteiger partial charge on any atom is -0.343 e. The zero-order valence-electron chi connectivity index (χ0n) is 17.8. The van der Waals surface area contributed by atoms with Gasteiger partial charge in [-0.15, -0.1) is 0 Å². The molecule has 1 aliphatic rings. The normalized spacial score (nSPS) is 14.9. The number of benzene rings is 2. The molecular formula is C25H29N3O2. The predicted molar refractivity (Wildman–Crippen MR) is 119 cm³/mol. The summed E-state index contributed by atoms with van der Waals surface area (Å²) in [7, 11) is 0. The quantitative estimate of drug-likeness (QED) is 0.611. The van der Waals surface area contributed by atoms with Gasteiger partial charge in [0.1, 0.15) is 5.82 Å². The van der Waals surface area contributed by atoms with Crippen LogP contribution in [0.1, 0.15) is 53.0 Å². The molecule has 30 heavy (non-hydrogen) atoms. The first-order chi connectivity index (χ1) is 14.5. The highest BCUT2D eigenvalue weighted by atomic mass is 16.2. The Hall–Kier alpha value is -2.95. The summed E-state index contributed by atoms with van der Waals surface area (Å²) >= 11 is 0. The Kier molecular flexibility index (Phi) is 5.98. The number of fused-ring (bicyclic) bond motifs is 1. The van der Waals surface area contributed by atoms with E-state index in [1.807, 2.05) is 55.1 Å². The van der Waals surface area contributed by atoms with Gasteiger partial charge in [-0.2, -0.15) is 0 Å². The Balaban J connectivity index is 1.25. The van der Waals surface area contributed by atoms with Gasteiger partial charge in [0.2, 0.25) is 5.91 Å². The van der Waals surface area contributed by atoms with Crippen LogP contribution in [0.25, 0.3) is 11.0 Å². The average Bonchev–Trinajstić information content (AvgIpc) is 3.16. The van der Waals surface area contributed by atoms with Crippen LogP contribution in [-0.2, 0) is 11.2 Å². The van der Waals surface area contributed by atoms with Crippen LogP contribution in [0.4, 0.5) is 0 Å². The summed E-state index contributed by atoms with van der Waals surface area (Å²) in [6.07, 6.45) is 3.57. The molecule has 0 radical (unpaired) electrons. The lowest BCUT2D eigenvalue weighted by Crippen LogP contribution is -2.40. The summed E-state index contributed by atoms with van der Waals surface area (Å²) in [5, 5.41) is 0. The maximum atomic E-state index is 12.9. The van der Waals surface area contributed by atoms with E-state index in [4.69, 9.17) is 0 Å². The van der Waals surface area contributed by atoms with Crippen molar-refractivity contribution >= 4 is 22.7 Å². The number of para-hydroxylation sites is 2. The number of aromatic nitrogens is 2. The molecular weight excluding hydrogens is 374 g/mol. The van der Waals surface area contributed by atoms with Crippen LogP contribution in [0.2, 0.25) is 0 Å². The highest BCUT2D eigenvalue weighted by Gasteiger charge is 2.28. The van der Waals surface area contributed by atoms with Crippen LogP contribution < -0.4 is 0 Å². The summed E-state index contributed by atoms with van der Waals surface area (Å²) in [5.74, 6) is 1.36. The first-order valence-corrected chi connectivity index (χ1v) is 10.8. The van der Waals surface area contributed by atoms with Crippen molar-refractivity contribution in [2.75, 3.05) is 13.1 Å². The van der Waals surface area contributed by atoms with Gasteiger partial charge in [-0.05, 0) is 50.8 Å². The molecule has 0 saturated carbocycles. The number of hydrogen-bond acceptors (Lipinski definition) is 3. The van der Waals surface area contributed by atoms with Gasteiger partial charge in [0.05, 0.1) is 11.0 Å². The van der Waals surface area contributed by atoms with Crippen molar-refractivity contribution in [2.24, 2.45) is 5.92 Å². The third-order valence-corrected chi connectivity index (χ3v) is 6.11. The molecule has 0 aliphatic carbocycles. The largest absolute Gasteiger partial charge is 0.343 e. The molecule has 5 heteroatoms. The first-order valence-electron chi connectivity index (χ1n) is 10.8. The Morgan fingerprint density at radius 1 is 1.10 bits per heavy atom. The number of carbonyl (C=O) groups is 2. The molecule has 2 heterocycles. The Labute approximate surface area is 177 Å². The second kappa shape index (κ2) is 8.82. The van der Waals surface area contributed by atoms with Gasteiger partial charge in [-0.1, -0.05) is 35.9 Å². The topological polar surface area (TPSA) is 66.1 Å². The lowest BCUT2D eigenvalue weighted by Gasteiger charge is -2.31. The van der Waals surface area contributed by atoms with Crippen LogP contribution in [0.5, 0.6) is 0 Å². The van der Waals surface area contributed by atoms with Crippen molar-refractivity contribution in [3.63, 3.8) is 0 Å². The van der Waals surface area contributed by atoms with E-state index in [9.17, 15) is 9.59 Å². The third kappa shape index (κ3) is 4.45. The summed E-state index contributed by atoms with van der Waals surface area (Å²) < 4.78 is 0. The van der Waals surface area contributed by atoms with E-state index in [0.29, 0.717) is 19.5 Å². The lowest BCUT2D eigenvalue weighted by atomic mass is 9.87. The molecule has 5 nitrogen and oxygen atoms in total. The number of nitrogens with one attached hydrogen (secondary N) is 1. The summed E-state index contributed by atoms with van der Waals surface area (Å²) in [4.78, 5) is 35.3. The number of nitrogens with zero attached hydrogens (tertiary/aromatic N) is 2. The van der Waals surface area contributed by atoms with Crippen molar-refractivity contribution in [3.8, 4) is 0 Å². The molecule has 0 unspecified atom stereocenters.